The number of rotatable bonds is 11. The SMILES string of the molecule is CCOC(=O)CCCNc1ccc(CCCCNC(=O)OC(C)(C)C)cc1. The smallest absolute Gasteiger partial charge is 0.407 e. The van der Waals surface area contributed by atoms with Crippen LogP contribution in [0.25, 0.3) is 0 Å². The first-order valence-electron chi connectivity index (χ1n) is 9.75. The van der Waals surface area contributed by atoms with E-state index in [1.54, 1.807) is 0 Å². The topological polar surface area (TPSA) is 76.7 Å². The Labute approximate surface area is 163 Å². The van der Waals surface area contributed by atoms with Gasteiger partial charge in [0.25, 0.3) is 0 Å². The van der Waals surface area contributed by atoms with Crippen molar-refractivity contribution in [3.8, 4) is 0 Å². The first kappa shape index (κ1) is 22.8. The second kappa shape index (κ2) is 12.2. The van der Waals surface area contributed by atoms with Gasteiger partial charge in [0.15, 0.2) is 0 Å². The first-order valence-corrected chi connectivity index (χ1v) is 9.75. The van der Waals surface area contributed by atoms with E-state index in [9.17, 15) is 9.59 Å². The van der Waals surface area contributed by atoms with Crippen molar-refractivity contribution >= 4 is 17.7 Å². The van der Waals surface area contributed by atoms with Crippen molar-refractivity contribution < 1.29 is 19.1 Å². The summed E-state index contributed by atoms with van der Waals surface area (Å²) in [5.41, 5.74) is 1.86. The molecule has 0 bridgehead atoms. The molecule has 152 valence electrons. The van der Waals surface area contributed by atoms with E-state index in [2.05, 4.69) is 34.9 Å². The van der Waals surface area contributed by atoms with Crippen LogP contribution in [0.5, 0.6) is 0 Å². The van der Waals surface area contributed by atoms with Gasteiger partial charge in [-0.1, -0.05) is 12.1 Å². The Bertz CT molecular complexity index is 565. The average molecular weight is 379 g/mol. The van der Waals surface area contributed by atoms with Gasteiger partial charge in [0, 0.05) is 25.2 Å². The number of benzene rings is 1. The predicted octanol–water partition coefficient (Wildman–Crippen LogP) is 4.29. The molecule has 0 aliphatic heterocycles. The van der Waals surface area contributed by atoms with Gasteiger partial charge in [0.05, 0.1) is 6.61 Å². The van der Waals surface area contributed by atoms with Crippen LogP contribution >= 0.6 is 0 Å². The van der Waals surface area contributed by atoms with Gasteiger partial charge in [0.2, 0.25) is 0 Å². The second-order valence-electron chi connectivity index (χ2n) is 7.42. The van der Waals surface area contributed by atoms with Crippen LogP contribution in [0, 0.1) is 0 Å². The number of unbranched alkanes of at least 4 members (excludes halogenated alkanes) is 1. The molecule has 0 saturated heterocycles. The highest BCUT2D eigenvalue weighted by atomic mass is 16.6. The summed E-state index contributed by atoms with van der Waals surface area (Å²) in [6, 6.07) is 8.32. The fourth-order valence-corrected chi connectivity index (χ4v) is 2.45. The number of hydrogen-bond acceptors (Lipinski definition) is 5. The minimum Gasteiger partial charge on any atom is -0.466 e. The van der Waals surface area contributed by atoms with Gasteiger partial charge in [-0.25, -0.2) is 4.79 Å². The van der Waals surface area contributed by atoms with Crippen molar-refractivity contribution in [3.05, 3.63) is 29.8 Å². The van der Waals surface area contributed by atoms with Crippen molar-refractivity contribution in [2.24, 2.45) is 0 Å². The highest BCUT2D eigenvalue weighted by Crippen LogP contribution is 2.12. The lowest BCUT2D eigenvalue weighted by molar-refractivity contribution is -0.143. The van der Waals surface area contributed by atoms with E-state index >= 15 is 0 Å². The molecule has 2 N–H and O–H groups in total. The fourth-order valence-electron chi connectivity index (χ4n) is 2.45. The molecule has 0 heterocycles. The summed E-state index contributed by atoms with van der Waals surface area (Å²) in [6.07, 6.45) is 3.72. The zero-order chi connectivity index (χ0) is 20.1. The fraction of sp³-hybridized carbons (Fsp3) is 0.619. The van der Waals surface area contributed by atoms with Crippen molar-refractivity contribution in [2.45, 2.75) is 65.4 Å². The molecule has 27 heavy (non-hydrogen) atoms. The van der Waals surface area contributed by atoms with E-state index in [1.807, 2.05) is 27.7 Å². The number of carbonyl (C=O) groups is 2. The molecule has 1 aromatic rings. The molecule has 0 aromatic heterocycles. The molecule has 0 atom stereocenters. The standard InChI is InChI=1S/C21H34N2O4/c1-5-26-19(24)10-8-16-22-18-13-11-17(12-14-18)9-6-7-15-23-20(25)27-21(2,3)4/h11-14,22H,5-10,15-16H2,1-4H3,(H,23,25). The molecule has 6 nitrogen and oxygen atoms in total. The quantitative estimate of drug-likeness (QED) is 0.444. The Kier molecular flexibility index (Phi) is 10.3. The second-order valence-corrected chi connectivity index (χ2v) is 7.42. The van der Waals surface area contributed by atoms with Gasteiger partial charge < -0.3 is 20.1 Å². The average Bonchev–Trinajstić information content (AvgIpc) is 2.58. The summed E-state index contributed by atoms with van der Waals surface area (Å²) in [7, 11) is 0. The summed E-state index contributed by atoms with van der Waals surface area (Å²) in [4.78, 5) is 22.8. The summed E-state index contributed by atoms with van der Waals surface area (Å²) >= 11 is 0. The highest BCUT2D eigenvalue weighted by molar-refractivity contribution is 5.69. The largest absolute Gasteiger partial charge is 0.466 e. The van der Waals surface area contributed by atoms with Crippen molar-refractivity contribution in [2.75, 3.05) is 25.0 Å². The van der Waals surface area contributed by atoms with E-state index in [1.165, 1.54) is 5.56 Å². The third-order valence-electron chi connectivity index (χ3n) is 3.71. The Balaban J connectivity index is 2.14. The van der Waals surface area contributed by atoms with Gasteiger partial charge >= 0.3 is 12.1 Å². The van der Waals surface area contributed by atoms with E-state index in [0.29, 0.717) is 19.6 Å². The lowest BCUT2D eigenvalue weighted by atomic mass is 10.1. The minimum absolute atomic E-state index is 0.143. The third-order valence-corrected chi connectivity index (χ3v) is 3.71. The number of esters is 1. The molecule has 1 amide bonds. The van der Waals surface area contributed by atoms with Gasteiger partial charge in [-0.3, -0.25) is 4.79 Å². The van der Waals surface area contributed by atoms with Crippen LogP contribution in [0.4, 0.5) is 10.5 Å². The van der Waals surface area contributed by atoms with Crippen LogP contribution < -0.4 is 10.6 Å². The first-order chi connectivity index (χ1) is 12.8. The lowest BCUT2D eigenvalue weighted by Crippen LogP contribution is -2.33. The number of aryl methyl sites for hydroxylation is 1. The van der Waals surface area contributed by atoms with Crippen LogP contribution in [0.15, 0.2) is 24.3 Å². The van der Waals surface area contributed by atoms with E-state index < -0.39 is 5.60 Å². The van der Waals surface area contributed by atoms with Gasteiger partial charge in [0.1, 0.15) is 5.60 Å². The minimum atomic E-state index is -0.460. The van der Waals surface area contributed by atoms with Crippen LogP contribution in [-0.2, 0) is 20.7 Å². The summed E-state index contributed by atoms with van der Waals surface area (Å²) in [5.74, 6) is -0.143. The zero-order valence-corrected chi connectivity index (χ0v) is 17.1. The lowest BCUT2D eigenvalue weighted by Gasteiger charge is -2.19. The molecule has 0 unspecified atom stereocenters. The Morgan fingerprint density at radius 2 is 1.70 bits per heavy atom. The Morgan fingerprint density at radius 3 is 2.33 bits per heavy atom. The summed E-state index contributed by atoms with van der Waals surface area (Å²) in [6.45, 7) is 9.17. The van der Waals surface area contributed by atoms with Crippen LogP contribution in [-0.4, -0.2) is 37.4 Å². The van der Waals surface area contributed by atoms with Crippen molar-refractivity contribution in [1.82, 2.24) is 5.32 Å². The third kappa shape index (κ3) is 11.9. The zero-order valence-electron chi connectivity index (χ0n) is 17.1. The number of ether oxygens (including phenoxy) is 2. The molecule has 0 aliphatic carbocycles. The maximum absolute atomic E-state index is 11.5. The predicted molar refractivity (Wildman–Crippen MR) is 108 cm³/mol. The number of anilines is 1. The van der Waals surface area contributed by atoms with Crippen LogP contribution in [0.2, 0.25) is 0 Å². The van der Waals surface area contributed by atoms with Gasteiger partial charge in [-0.15, -0.1) is 0 Å². The molecule has 0 radical (unpaired) electrons. The number of alkyl carbamates (subject to hydrolysis) is 1. The van der Waals surface area contributed by atoms with Crippen molar-refractivity contribution in [1.29, 1.82) is 0 Å². The van der Waals surface area contributed by atoms with E-state index in [0.717, 1.165) is 37.9 Å². The molecule has 0 aliphatic rings. The summed E-state index contributed by atoms with van der Waals surface area (Å²) < 4.78 is 10.1. The van der Waals surface area contributed by atoms with Crippen LogP contribution in [0.1, 0.15) is 58.9 Å². The van der Waals surface area contributed by atoms with E-state index in [4.69, 9.17) is 9.47 Å². The van der Waals surface area contributed by atoms with Crippen molar-refractivity contribution in [3.63, 3.8) is 0 Å². The monoisotopic (exact) mass is 378 g/mol. The Morgan fingerprint density at radius 1 is 1.00 bits per heavy atom. The number of hydrogen-bond donors (Lipinski definition) is 2. The molecule has 0 saturated carbocycles. The maximum atomic E-state index is 11.5. The number of carbonyl (C=O) groups excluding carboxylic acids is 2. The number of nitrogens with one attached hydrogen (secondary N) is 2. The maximum Gasteiger partial charge on any atom is 0.407 e. The number of amides is 1. The molecule has 6 heteroatoms. The molecular formula is C21H34N2O4. The van der Waals surface area contributed by atoms with E-state index in [-0.39, 0.29) is 12.1 Å². The molecular weight excluding hydrogens is 344 g/mol. The molecule has 0 fully saturated rings. The molecule has 1 aromatic carbocycles. The summed E-state index contributed by atoms with van der Waals surface area (Å²) in [5, 5.41) is 6.08. The molecule has 0 spiro atoms. The molecule has 1 rings (SSSR count). The normalized spacial score (nSPS) is 11.0. The Hall–Kier alpha value is -2.24. The van der Waals surface area contributed by atoms with Crippen LogP contribution in [0.3, 0.4) is 0 Å². The van der Waals surface area contributed by atoms with Gasteiger partial charge in [-0.2, -0.15) is 0 Å². The van der Waals surface area contributed by atoms with Gasteiger partial charge in [-0.05, 0) is 71.1 Å². The highest BCUT2D eigenvalue weighted by Gasteiger charge is 2.15.